The molecule has 0 heterocycles. The first-order chi connectivity index (χ1) is 9.65. The van der Waals surface area contributed by atoms with Crippen LogP contribution in [0, 0.1) is 0 Å². The van der Waals surface area contributed by atoms with E-state index in [1.54, 1.807) is 7.11 Å². The van der Waals surface area contributed by atoms with Crippen molar-refractivity contribution in [1.82, 2.24) is 0 Å². The van der Waals surface area contributed by atoms with Crippen LogP contribution in [-0.2, 0) is 9.53 Å². The van der Waals surface area contributed by atoms with Gasteiger partial charge in [-0.15, -0.1) is 0 Å². The van der Waals surface area contributed by atoms with Gasteiger partial charge in [-0.25, -0.2) is 0 Å². The summed E-state index contributed by atoms with van der Waals surface area (Å²) in [5, 5.41) is 0. The number of benzene rings is 2. The summed E-state index contributed by atoms with van der Waals surface area (Å²) in [6.07, 6.45) is 0. The van der Waals surface area contributed by atoms with Gasteiger partial charge in [-0.3, -0.25) is 4.79 Å². The van der Waals surface area contributed by atoms with Gasteiger partial charge in [0.1, 0.15) is 5.75 Å². The Bertz CT molecular complexity index is 587. The minimum Gasteiger partial charge on any atom is -0.497 e. The molecule has 0 radical (unpaired) electrons. The largest absolute Gasteiger partial charge is 0.497 e. The van der Waals surface area contributed by atoms with Crippen molar-refractivity contribution < 1.29 is 14.3 Å². The molecule has 20 heavy (non-hydrogen) atoms. The number of hydrogen-bond acceptors (Lipinski definition) is 3. The Morgan fingerprint density at radius 1 is 1.00 bits per heavy atom. The number of methoxy groups -OCH3 is 2. The molecule has 3 nitrogen and oxygen atoms in total. The number of carbonyl (C=O) groups excluding carboxylic acids is 1. The average molecular weight is 270 g/mol. The third kappa shape index (κ3) is 2.99. The maximum Gasteiger partial charge on any atom is 0.312 e. The molecule has 0 spiro atoms. The molecule has 0 aliphatic heterocycles. The molecule has 0 unspecified atom stereocenters. The lowest BCUT2D eigenvalue weighted by atomic mass is 9.96. The molecule has 0 aliphatic carbocycles. The molecule has 0 saturated carbocycles. The second kappa shape index (κ2) is 6.24. The summed E-state index contributed by atoms with van der Waals surface area (Å²) in [6, 6.07) is 15.8. The summed E-state index contributed by atoms with van der Waals surface area (Å²) < 4.78 is 9.94. The average Bonchev–Trinajstić information content (AvgIpc) is 2.53. The summed E-state index contributed by atoms with van der Waals surface area (Å²) >= 11 is 0. The van der Waals surface area contributed by atoms with Gasteiger partial charge in [0.05, 0.1) is 20.1 Å². The highest BCUT2D eigenvalue weighted by molar-refractivity contribution is 5.78. The fraction of sp³-hybridized carbons (Fsp3) is 0.235. The third-order valence-corrected chi connectivity index (χ3v) is 3.36. The van der Waals surface area contributed by atoms with Crippen molar-refractivity contribution in [3.63, 3.8) is 0 Å². The monoisotopic (exact) mass is 270 g/mol. The molecule has 2 aromatic carbocycles. The fourth-order valence-corrected chi connectivity index (χ4v) is 2.08. The van der Waals surface area contributed by atoms with Crippen LogP contribution in [0.3, 0.4) is 0 Å². The van der Waals surface area contributed by atoms with Gasteiger partial charge >= 0.3 is 5.97 Å². The summed E-state index contributed by atoms with van der Waals surface area (Å²) in [4.78, 5) is 11.6. The van der Waals surface area contributed by atoms with Crippen molar-refractivity contribution in [3.8, 4) is 16.9 Å². The molecule has 0 aliphatic rings. The quantitative estimate of drug-likeness (QED) is 0.796. The van der Waals surface area contributed by atoms with E-state index in [-0.39, 0.29) is 11.9 Å². The van der Waals surface area contributed by atoms with E-state index in [1.807, 2.05) is 55.5 Å². The normalized spacial score (nSPS) is 11.8. The van der Waals surface area contributed by atoms with Gasteiger partial charge in [-0.2, -0.15) is 0 Å². The molecule has 0 fully saturated rings. The molecule has 104 valence electrons. The van der Waals surface area contributed by atoms with E-state index in [1.165, 1.54) is 7.11 Å². The number of rotatable bonds is 4. The molecule has 1 atom stereocenters. The van der Waals surface area contributed by atoms with Crippen molar-refractivity contribution in [1.29, 1.82) is 0 Å². The summed E-state index contributed by atoms with van der Waals surface area (Å²) in [6.45, 7) is 1.85. The van der Waals surface area contributed by atoms with E-state index in [9.17, 15) is 4.79 Å². The lowest BCUT2D eigenvalue weighted by Gasteiger charge is -2.11. The summed E-state index contributed by atoms with van der Waals surface area (Å²) in [7, 11) is 3.06. The van der Waals surface area contributed by atoms with Crippen molar-refractivity contribution in [2.45, 2.75) is 12.8 Å². The van der Waals surface area contributed by atoms with E-state index < -0.39 is 0 Å². The van der Waals surface area contributed by atoms with E-state index in [2.05, 4.69) is 0 Å². The van der Waals surface area contributed by atoms with Crippen molar-refractivity contribution in [2.24, 2.45) is 0 Å². The predicted octanol–water partition coefficient (Wildman–Crippen LogP) is 3.64. The number of ether oxygens (including phenoxy) is 2. The number of esters is 1. The van der Waals surface area contributed by atoms with Gasteiger partial charge in [0.15, 0.2) is 0 Å². The first kappa shape index (κ1) is 14.1. The Kier molecular flexibility index (Phi) is 4.41. The van der Waals surface area contributed by atoms with Crippen LogP contribution in [0.4, 0.5) is 0 Å². The van der Waals surface area contributed by atoms with Crippen LogP contribution >= 0.6 is 0 Å². The van der Waals surface area contributed by atoms with E-state index >= 15 is 0 Å². The second-order valence-electron chi connectivity index (χ2n) is 4.60. The highest BCUT2D eigenvalue weighted by atomic mass is 16.5. The second-order valence-corrected chi connectivity index (χ2v) is 4.60. The minimum atomic E-state index is -0.266. The molecular formula is C17H18O3. The maximum absolute atomic E-state index is 11.6. The molecule has 0 amide bonds. The molecule has 0 aromatic heterocycles. The zero-order valence-corrected chi connectivity index (χ0v) is 11.9. The van der Waals surface area contributed by atoms with Crippen LogP contribution in [-0.4, -0.2) is 20.2 Å². The molecule has 2 aromatic rings. The highest BCUT2D eigenvalue weighted by Crippen LogP contribution is 2.26. The van der Waals surface area contributed by atoms with Gasteiger partial charge in [0.2, 0.25) is 0 Å². The Balaban J connectivity index is 2.31. The molecule has 0 bridgehead atoms. The van der Waals surface area contributed by atoms with Gasteiger partial charge in [0.25, 0.3) is 0 Å². The number of carbonyl (C=O) groups is 1. The molecule has 0 N–H and O–H groups in total. The van der Waals surface area contributed by atoms with Crippen molar-refractivity contribution in [3.05, 3.63) is 54.1 Å². The predicted molar refractivity (Wildman–Crippen MR) is 78.9 cm³/mol. The van der Waals surface area contributed by atoms with Crippen molar-refractivity contribution in [2.75, 3.05) is 14.2 Å². The summed E-state index contributed by atoms with van der Waals surface area (Å²) in [5.74, 6) is 0.336. The van der Waals surface area contributed by atoms with Crippen LogP contribution in [0.25, 0.3) is 11.1 Å². The standard InChI is InChI=1S/C17H18O3/c1-12(17(18)20-3)14-5-4-6-15(11-14)13-7-9-16(19-2)10-8-13/h4-12H,1-3H3/t12-/m0/s1. The lowest BCUT2D eigenvalue weighted by molar-refractivity contribution is -0.141. The number of hydrogen-bond donors (Lipinski definition) is 0. The third-order valence-electron chi connectivity index (χ3n) is 3.36. The Hall–Kier alpha value is -2.29. The Morgan fingerprint density at radius 2 is 1.70 bits per heavy atom. The zero-order valence-electron chi connectivity index (χ0n) is 11.9. The van der Waals surface area contributed by atoms with E-state index in [0.29, 0.717) is 0 Å². The molecular weight excluding hydrogens is 252 g/mol. The first-order valence-electron chi connectivity index (χ1n) is 6.48. The molecule has 0 saturated heterocycles. The van der Waals surface area contributed by atoms with Crippen molar-refractivity contribution >= 4 is 5.97 Å². The maximum atomic E-state index is 11.6. The minimum absolute atomic E-state index is 0.225. The molecule has 3 heteroatoms. The highest BCUT2D eigenvalue weighted by Gasteiger charge is 2.15. The molecule has 2 rings (SSSR count). The van der Waals surface area contributed by atoms with Crippen LogP contribution in [0.5, 0.6) is 5.75 Å². The first-order valence-corrected chi connectivity index (χ1v) is 6.48. The van der Waals surface area contributed by atoms with Crippen LogP contribution < -0.4 is 4.74 Å². The smallest absolute Gasteiger partial charge is 0.312 e. The van der Waals surface area contributed by atoms with Crippen LogP contribution in [0.1, 0.15) is 18.4 Å². The van der Waals surface area contributed by atoms with Crippen LogP contribution in [0.15, 0.2) is 48.5 Å². The summed E-state index contributed by atoms with van der Waals surface area (Å²) in [5.41, 5.74) is 3.11. The van der Waals surface area contributed by atoms with Gasteiger partial charge in [-0.1, -0.05) is 36.4 Å². The zero-order chi connectivity index (χ0) is 14.5. The Labute approximate surface area is 119 Å². The van der Waals surface area contributed by atoms with E-state index in [4.69, 9.17) is 9.47 Å². The fourth-order valence-electron chi connectivity index (χ4n) is 2.08. The van der Waals surface area contributed by atoms with Gasteiger partial charge in [0, 0.05) is 0 Å². The van der Waals surface area contributed by atoms with Gasteiger partial charge < -0.3 is 9.47 Å². The van der Waals surface area contributed by atoms with Crippen LogP contribution in [0.2, 0.25) is 0 Å². The topological polar surface area (TPSA) is 35.5 Å². The Morgan fingerprint density at radius 3 is 2.30 bits per heavy atom. The van der Waals surface area contributed by atoms with E-state index in [0.717, 1.165) is 22.4 Å². The van der Waals surface area contributed by atoms with Gasteiger partial charge in [-0.05, 0) is 35.7 Å². The SMILES string of the molecule is COC(=O)[C@@H](C)c1cccc(-c2ccc(OC)cc2)c1. The lowest BCUT2D eigenvalue weighted by Crippen LogP contribution is -2.10.